The Kier molecular flexibility index (Phi) is 4.60. The molecule has 5 rings (SSSR count). The Balaban J connectivity index is 1.59. The fourth-order valence-electron chi connectivity index (χ4n) is 4.44. The molecule has 1 fully saturated rings. The monoisotopic (exact) mass is 426 g/mol. The van der Waals surface area contributed by atoms with Gasteiger partial charge in [0.25, 0.3) is 0 Å². The van der Waals surface area contributed by atoms with Crippen LogP contribution in [-0.4, -0.2) is 45.5 Å². The van der Waals surface area contributed by atoms with Gasteiger partial charge in [0.1, 0.15) is 11.2 Å². The Hall–Kier alpha value is -3.17. The maximum absolute atomic E-state index is 13.6. The molecule has 1 saturated carbocycles. The third-order valence-corrected chi connectivity index (χ3v) is 6.11. The number of nitrogens with zero attached hydrogens (tertiary/aromatic N) is 8. The van der Waals surface area contributed by atoms with E-state index < -0.39 is 5.92 Å². The molecule has 1 aliphatic carbocycles. The molecule has 0 amide bonds. The first-order valence-electron chi connectivity index (χ1n) is 10.4. The number of halogens is 2. The highest BCUT2D eigenvalue weighted by Crippen LogP contribution is 2.38. The van der Waals surface area contributed by atoms with Gasteiger partial charge in [-0.15, -0.1) is 5.10 Å². The third-order valence-electron chi connectivity index (χ3n) is 6.11. The Morgan fingerprint density at radius 3 is 2.55 bits per heavy atom. The second-order valence-corrected chi connectivity index (χ2v) is 8.47. The molecule has 1 aliphatic rings. The van der Waals surface area contributed by atoms with E-state index in [9.17, 15) is 8.78 Å². The van der Waals surface area contributed by atoms with Crippen LogP contribution in [0.25, 0.3) is 33.5 Å². The van der Waals surface area contributed by atoms with Crippen molar-refractivity contribution in [1.29, 1.82) is 0 Å². The molecular weight excluding hydrogens is 402 g/mol. The van der Waals surface area contributed by atoms with Crippen LogP contribution in [0.1, 0.15) is 31.4 Å². The predicted molar refractivity (Wildman–Crippen MR) is 111 cm³/mol. The fraction of sp³-hybridized carbons (Fsp3) is 0.476. The highest BCUT2D eigenvalue weighted by atomic mass is 19.3. The summed E-state index contributed by atoms with van der Waals surface area (Å²) >= 11 is 0. The van der Waals surface area contributed by atoms with E-state index in [2.05, 4.69) is 15.4 Å². The summed E-state index contributed by atoms with van der Waals surface area (Å²) < 4.78 is 32.6. The molecule has 4 heterocycles. The number of pyridine rings is 1. The van der Waals surface area contributed by atoms with E-state index in [1.807, 2.05) is 38.0 Å². The first-order valence-corrected chi connectivity index (χ1v) is 10.4. The van der Waals surface area contributed by atoms with Gasteiger partial charge in [-0.1, -0.05) is 5.21 Å². The van der Waals surface area contributed by atoms with Crippen LogP contribution in [0.2, 0.25) is 0 Å². The molecule has 0 bridgehead atoms. The molecule has 4 aromatic heterocycles. The van der Waals surface area contributed by atoms with Crippen LogP contribution in [0.15, 0.2) is 24.7 Å². The zero-order chi connectivity index (χ0) is 21.8. The van der Waals surface area contributed by atoms with E-state index >= 15 is 0 Å². The number of aryl methyl sites for hydroxylation is 3. The van der Waals surface area contributed by atoms with Gasteiger partial charge in [0, 0.05) is 57.0 Å². The first kappa shape index (κ1) is 19.8. The standard InChI is InChI=1S/C21H24F2N8/c1-13-20(30(3)28-26-13)15-8-17-19(24-9-15)18(16-10-25-29(2)12-16)27-31(17)11-14-4-6-21(22,23)7-5-14/h8-10,12,14H,4-7,11H2,1-3H3. The van der Waals surface area contributed by atoms with Gasteiger partial charge in [-0.05, 0) is 31.7 Å². The molecule has 0 unspecified atom stereocenters. The van der Waals surface area contributed by atoms with Crippen LogP contribution in [0.3, 0.4) is 0 Å². The van der Waals surface area contributed by atoms with Crippen LogP contribution in [0.4, 0.5) is 8.78 Å². The summed E-state index contributed by atoms with van der Waals surface area (Å²) in [4.78, 5) is 4.73. The second-order valence-electron chi connectivity index (χ2n) is 8.47. The number of alkyl halides is 2. The minimum atomic E-state index is -2.54. The summed E-state index contributed by atoms with van der Waals surface area (Å²) in [6.45, 7) is 2.49. The van der Waals surface area contributed by atoms with Gasteiger partial charge in [0.15, 0.2) is 0 Å². The number of rotatable bonds is 4. The highest BCUT2D eigenvalue weighted by Gasteiger charge is 2.35. The molecule has 31 heavy (non-hydrogen) atoms. The predicted octanol–water partition coefficient (Wildman–Crippen LogP) is 3.76. The van der Waals surface area contributed by atoms with E-state index in [-0.39, 0.29) is 18.8 Å². The van der Waals surface area contributed by atoms with Gasteiger partial charge in [0.2, 0.25) is 5.92 Å². The van der Waals surface area contributed by atoms with Crippen molar-refractivity contribution in [1.82, 2.24) is 39.5 Å². The topological polar surface area (TPSA) is 79.2 Å². The highest BCUT2D eigenvalue weighted by molar-refractivity contribution is 5.91. The lowest BCUT2D eigenvalue weighted by atomic mass is 9.87. The molecule has 0 saturated heterocycles. The van der Waals surface area contributed by atoms with Crippen molar-refractivity contribution in [2.75, 3.05) is 0 Å². The van der Waals surface area contributed by atoms with Crippen LogP contribution >= 0.6 is 0 Å². The van der Waals surface area contributed by atoms with E-state index in [0.29, 0.717) is 19.4 Å². The van der Waals surface area contributed by atoms with Crippen LogP contribution in [-0.2, 0) is 20.6 Å². The van der Waals surface area contributed by atoms with Crippen LogP contribution in [0, 0.1) is 12.8 Å². The zero-order valence-corrected chi connectivity index (χ0v) is 17.8. The van der Waals surface area contributed by atoms with Crippen molar-refractivity contribution in [2.24, 2.45) is 20.0 Å². The summed E-state index contributed by atoms with van der Waals surface area (Å²) in [6.07, 6.45) is 6.34. The molecule has 0 radical (unpaired) electrons. The average Bonchev–Trinajstić information content (AvgIpc) is 3.41. The molecular formula is C21H24F2N8. The molecule has 0 atom stereocenters. The SMILES string of the molecule is Cc1nnn(C)c1-c1cnc2c(-c3cnn(C)c3)nn(CC3CCC(F)(F)CC3)c2c1. The van der Waals surface area contributed by atoms with E-state index in [0.717, 1.165) is 39.2 Å². The molecule has 0 aliphatic heterocycles. The molecule has 8 nitrogen and oxygen atoms in total. The normalized spacial score (nSPS) is 16.9. The van der Waals surface area contributed by atoms with Crippen molar-refractivity contribution in [3.8, 4) is 22.5 Å². The fourth-order valence-corrected chi connectivity index (χ4v) is 4.44. The molecule has 0 N–H and O–H groups in total. The van der Waals surface area contributed by atoms with Crippen molar-refractivity contribution < 1.29 is 8.78 Å². The maximum Gasteiger partial charge on any atom is 0.248 e. The van der Waals surface area contributed by atoms with Crippen LogP contribution < -0.4 is 0 Å². The summed E-state index contributed by atoms with van der Waals surface area (Å²) in [5.74, 6) is -2.38. The quantitative estimate of drug-likeness (QED) is 0.496. The molecule has 162 valence electrons. The van der Waals surface area contributed by atoms with Gasteiger partial charge in [-0.25, -0.2) is 13.5 Å². The lowest BCUT2D eigenvalue weighted by molar-refractivity contribution is -0.0475. The Bertz CT molecular complexity index is 1220. The molecule has 0 aromatic carbocycles. The Morgan fingerprint density at radius 2 is 1.90 bits per heavy atom. The summed E-state index contributed by atoms with van der Waals surface area (Å²) in [5.41, 5.74) is 5.86. The van der Waals surface area contributed by atoms with Gasteiger partial charge in [-0.3, -0.25) is 14.3 Å². The van der Waals surface area contributed by atoms with E-state index in [1.165, 1.54) is 0 Å². The number of hydrogen-bond donors (Lipinski definition) is 0. The van der Waals surface area contributed by atoms with E-state index in [4.69, 9.17) is 10.1 Å². The Morgan fingerprint density at radius 1 is 1.13 bits per heavy atom. The van der Waals surface area contributed by atoms with Crippen LogP contribution in [0.5, 0.6) is 0 Å². The molecule has 10 heteroatoms. The molecule has 0 spiro atoms. The number of aromatic nitrogens is 8. The van der Waals surface area contributed by atoms with Gasteiger partial charge >= 0.3 is 0 Å². The summed E-state index contributed by atoms with van der Waals surface area (Å²) in [6, 6.07) is 2.04. The Labute approximate surface area is 177 Å². The minimum Gasteiger partial charge on any atom is -0.275 e. The summed E-state index contributed by atoms with van der Waals surface area (Å²) in [7, 11) is 3.70. The second kappa shape index (κ2) is 7.21. The van der Waals surface area contributed by atoms with Crippen molar-refractivity contribution in [3.63, 3.8) is 0 Å². The number of fused-ring (bicyclic) bond motifs is 1. The van der Waals surface area contributed by atoms with Crippen molar-refractivity contribution in [3.05, 3.63) is 30.4 Å². The smallest absolute Gasteiger partial charge is 0.248 e. The lowest BCUT2D eigenvalue weighted by Crippen LogP contribution is -2.27. The van der Waals surface area contributed by atoms with E-state index in [1.54, 1.807) is 21.8 Å². The average molecular weight is 426 g/mol. The van der Waals surface area contributed by atoms with Gasteiger partial charge in [-0.2, -0.15) is 10.2 Å². The maximum atomic E-state index is 13.6. The first-order chi connectivity index (χ1) is 14.8. The van der Waals surface area contributed by atoms with Crippen molar-refractivity contribution in [2.45, 2.75) is 45.1 Å². The molecule has 4 aromatic rings. The summed E-state index contributed by atoms with van der Waals surface area (Å²) in [5, 5.41) is 17.3. The van der Waals surface area contributed by atoms with Gasteiger partial charge < -0.3 is 0 Å². The zero-order valence-electron chi connectivity index (χ0n) is 17.8. The third kappa shape index (κ3) is 3.60. The van der Waals surface area contributed by atoms with Crippen molar-refractivity contribution >= 4 is 11.0 Å². The number of hydrogen-bond acceptors (Lipinski definition) is 5. The minimum absolute atomic E-state index is 0.0598. The van der Waals surface area contributed by atoms with Gasteiger partial charge in [0.05, 0.1) is 23.1 Å². The largest absolute Gasteiger partial charge is 0.275 e. The lowest BCUT2D eigenvalue weighted by Gasteiger charge is -2.28.